The molecule has 2 aliphatic rings. The van der Waals surface area contributed by atoms with Crippen molar-refractivity contribution in [2.24, 2.45) is 0 Å². The summed E-state index contributed by atoms with van der Waals surface area (Å²) in [6.07, 6.45) is 9.44. The Hall–Kier alpha value is -0.940. The Morgan fingerprint density at radius 2 is 1.89 bits per heavy atom. The highest BCUT2D eigenvalue weighted by molar-refractivity contribution is 5.05. The van der Waals surface area contributed by atoms with Crippen LogP contribution in [0.1, 0.15) is 69.0 Å². The third-order valence-corrected chi connectivity index (χ3v) is 4.44. The number of aromatic nitrogens is 2. The maximum atomic E-state index is 10.4. The fourth-order valence-electron chi connectivity index (χ4n) is 3.17. The molecule has 1 atom stereocenters. The third kappa shape index (κ3) is 2.82. The van der Waals surface area contributed by atoms with Gasteiger partial charge in [0.25, 0.3) is 5.89 Å². The van der Waals surface area contributed by atoms with Gasteiger partial charge in [-0.25, -0.2) is 0 Å². The quantitative estimate of drug-likeness (QED) is 0.856. The molecular formula is C14H23N3O2. The summed E-state index contributed by atoms with van der Waals surface area (Å²) < 4.78 is 5.33. The lowest BCUT2D eigenvalue weighted by Gasteiger charge is -2.17. The highest BCUT2D eigenvalue weighted by Crippen LogP contribution is 2.32. The predicted molar refractivity (Wildman–Crippen MR) is 70.7 cm³/mol. The number of β-amino-alcohol motifs (C(OH)–C–C–N with tert-alkyl or cyclic N) is 1. The minimum absolute atomic E-state index is 0.398. The van der Waals surface area contributed by atoms with Gasteiger partial charge in [0, 0.05) is 12.5 Å². The average molecular weight is 265 g/mol. The van der Waals surface area contributed by atoms with Gasteiger partial charge in [-0.1, -0.05) is 37.3 Å². The zero-order valence-electron chi connectivity index (χ0n) is 11.4. The maximum Gasteiger partial charge on any atom is 0.259 e. The van der Waals surface area contributed by atoms with Crippen molar-refractivity contribution in [3.8, 4) is 0 Å². The molecule has 1 aliphatic carbocycles. The number of hydrogen-bond donors (Lipinski definition) is 2. The van der Waals surface area contributed by atoms with Crippen LogP contribution < -0.4 is 5.32 Å². The monoisotopic (exact) mass is 265 g/mol. The van der Waals surface area contributed by atoms with Gasteiger partial charge < -0.3 is 14.9 Å². The van der Waals surface area contributed by atoms with Gasteiger partial charge in [0.1, 0.15) is 0 Å². The van der Waals surface area contributed by atoms with Crippen molar-refractivity contribution < 1.29 is 9.63 Å². The van der Waals surface area contributed by atoms with Crippen LogP contribution >= 0.6 is 0 Å². The van der Waals surface area contributed by atoms with E-state index in [1.807, 2.05) is 0 Å². The SMILES string of the molecule is OC1(c2nc(C3CCCCCCC3)no2)CCNC1. The lowest BCUT2D eigenvalue weighted by atomic mass is 9.91. The molecule has 1 saturated carbocycles. The van der Waals surface area contributed by atoms with E-state index < -0.39 is 5.60 Å². The first kappa shape index (κ1) is 13.1. The molecule has 0 radical (unpaired) electrons. The third-order valence-electron chi connectivity index (χ3n) is 4.44. The van der Waals surface area contributed by atoms with Crippen molar-refractivity contribution in [2.75, 3.05) is 13.1 Å². The number of nitrogens with one attached hydrogen (secondary N) is 1. The first-order valence-electron chi connectivity index (χ1n) is 7.55. The van der Waals surface area contributed by atoms with Crippen LogP contribution in [-0.4, -0.2) is 28.3 Å². The number of hydrogen-bond acceptors (Lipinski definition) is 5. The van der Waals surface area contributed by atoms with Crippen molar-refractivity contribution in [3.63, 3.8) is 0 Å². The van der Waals surface area contributed by atoms with Gasteiger partial charge in [-0.3, -0.25) is 0 Å². The van der Waals surface area contributed by atoms with Crippen molar-refractivity contribution in [1.82, 2.24) is 15.5 Å². The van der Waals surface area contributed by atoms with E-state index >= 15 is 0 Å². The first-order valence-corrected chi connectivity index (χ1v) is 7.55. The van der Waals surface area contributed by atoms with Gasteiger partial charge in [0.05, 0.1) is 0 Å². The first-order chi connectivity index (χ1) is 9.28. The Balaban J connectivity index is 1.72. The molecule has 19 heavy (non-hydrogen) atoms. The standard InChI is InChI=1S/C14H23N3O2/c18-14(8-9-15-10-14)13-16-12(17-19-13)11-6-4-2-1-3-5-7-11/h11,15,18H,1-10H2. The van der Waals surface area contributed by atoms with Crippen LogP contribution in [0.15, 0.2) is 4.52 Å². The zero-order chi connectivity index (χ0) is 13.1. The Labute approximate surface area is 113 Å². The van der Waals surface area contributed by atoms with E-state index in [4.69, 9.17) is 4.52 Å². The average Bonchev–Trinajstić information content (AvgIpc) is 2.98. The van der Waals surface area contributed by atoms with Crippen molar-refractivity contribution in [2.45, 2.75) is 62.9 Å². The van der Waals surface area contributed by atoms with Gasteiger partial charge >= 0.3 is 0 Å². The predicted octanol–water partition coefficient (Wildman–Crippen LogP) is 2.08. The summed E-state index contributed by atoms with van der Waals surface area (Å²) >= 11 is 0. The second kappa shape index (κ2) is 5.59. The van der Waals surface area contributed by atoms with Crippen LogP contribution in [0.4, 0.5) is 0 Å². The number of nitrogens with zero attached hydrogens (tertiary/aromatic N) is 2. The Bertz CT molecular complexity index is 405. The fourth-order valence-corrected chi connectivity index (χ4v) is 3.17. The zero-order valence-corrected chi connectivity index (χ0v) is 11.4. The molecule has 3 rings (SSSR count). The molecule has 0 amide bonds. The Morgan fingerprint density at radius 3 is 2.58 bits per heavy atom. The summed E-state index contributed by atoms with van der Waals surface area (Å²) in [6, 6.07) is 0. The van der Waals surface area contributed by atoms with Crippen molar-refractivity contribution in [1.29, 1.82) is 0 Å². The van der Waals surface area contributed by atoms with E-state index in [0.29, 0.717) is 24.8 Å². The van der Waals surface area contributed by atoms with Gasteiger partial charge in [-0.2, -0.15) is 4.98 Å². The minimum Gasteiger partial charge on any atom is -0.379 e. The van der Waals surface area contributed by atoms with Gasteiger partial charge in [-0.05, 0) is 25.8 Å². The van der Waals surface area contributed by atoms with Crippen LogP contribution in [0.3, 0.4) is 0 Å². The van der Waals surface area contributed by atoms with E-state index in [9.17, 15) is 5.11 Å². The van der Waals surface area contributed by atoms with Crippen LogP contribution in [-0.2, 0) is 5.60 Å². The summed E-state index contributed by atoms with van der Waals surface area (Å²) in [5.74, 6) is 1.61. The summed E-state index contributed by atoms with van der Waals surface area (Å²) in [4.78, 5) is 4.49. The molecule has 2 N–H and O–H groups in total. The van der Waals surface area contributed by atoms with Crippen LogP contribution in [0.25, 0.3) is 0 Å². The molecule has 106 valence electrons. The van der Waals surface area contributed by atoms with E-state index in [-0.39, 0.29) is 0 Å². The Morgan fingerprint density at radius 1 is 1.16 bits per heavy atom. The fraction of sp³-hybridized carbons (Fsp3) is 0.857. The minimum atomic E-state index is -0.952. The highest BCUT2D eigenvalue weighted by Gasteiger charge is 2.39. The lowest BCUT2D eigenvalue weighted by Crippen LogP contribution is -2.28. The van der Waals surface area contributed by atoms with Gasteiger partial charge in [0.15, 0.2) is 11.4 Å². The van der Waals surface area contributed by atoms with Crippen LogP contribution in [0, 0.1) is 0 Å². The summed E-state index contributed by atoms with van der Waals surface area (Å²) in [5, 5.41) is 17.7. The smallest absolute Gasteiger partial charge is 0.259 e. The summed E-state index contributed by atoms with van der Waals surface area (Å²) in [5.41, 5.74) is -0.952. The second-order valence-corrected chi connectivity index (χ2v) is 5.96. The largest absolute Gasteiger partial charge is 0.379 e. The van der Waals surface area contributed by atoms with E-state index in [2.05, 4.69) is 15.5 Å². The molecule has 1 aromatic rings. The normalized spacial score (nSPS) is 30.2. The van der Waals surface area contributed by atoms with E-state index in [1.54, 1.807) is 0 Å². The molecule has 0 spiro atoms. The molecule has 1 aromatic heterocycles. The Kier molecular flexibility index (Phi) is 3.84. The molecule has 5 heteroatoms. The van der Waals surface area contributed by atoms with E-state index in [0.717, 1.165) is 25.2 Å². The molecule has 5 nitrogen and oxygen atoms in total. The highest BCUT2D eigenvalue weighted by atomic mass is 16.5. The van der Waals surface area contributed by atoms with Crippen LogP contribution in [0.5, 0.6) is 0 Å². The van der Waals surface area contributed by atoms with E-state index in [1.165, 1.54) is 32.1 Å². The maximum absolute atomic E-state index is 10.4. The van der Waals surface area contributed by atoms with Gasteiger partial charge in [-0.15, -0.1) is 0 Å². The topological polar surface area (TPSA) is 71.2 Å². The lowest BCUT2D eigenvalue weighted by molar-refractivity contribution is 0.0243. The summed E-state index contributed by atoms with van der Waals surface area (Å²) in [7, 11) is 0. The van der Waals surface area contributed by atoms with Gasteiger partial charge in [0.2, 0.25) is 0 Å². The second-order valence-electron chi connectivity index (χ2n) is 5.96. The van der Waals surface area contributed by atoms with Crippen molar-refractivity contribution in [3.05, 3.63) is 11.7 Å². The van der Waals surface area contributed by atoms with Crippen LogP contribution in [0.2, 0.25) is 0 Å². The number of rotatable bonds is 2. The summed E-state index contributed by atoms with van der Waals surface area (Å²) in [6.45, 7) is 1.32. The molecular weight excluding hydrogens is 242 g/mol. The molecule has 0 bridgehead atoms. The van der Waals surface area contributed by atoms with Crippen molar-refractivity contribution >= 4 is 0 Å². The molecule has 2 fully saturated rings. The molecule has 1 aliphatic heterocycles. The molecule has 1 unspecified atom stereocenters. The molecule has 1 saturated heterocycles. The molecule has 0 aromatic carbocycles. The molecule has 2 heterocycles. The number of aliphatic hydroxyl groups is 1.